The van der Waals surface area contributed by atoms with Gasteiger partial charge in [-0.25, -0.2) is 0 Å². The number of nitrogens with one attached hydrogen (secondary N) is 1. The van der Waals surface area contributed by atoms with Gasteiger partial charge in [0, 0.05) is 25.2 Å². The largest absolute Gasteiger partial charge is 0.352 e. The van der Waals surface area contributed by atoms with Gasteiger partial charge in [0.15, 0.2) is 0 Å². The highest BCUT2D eigenvalue weighted by molar-refractivity contribution is 5.81. The van der Waals surface area contributed by atoms with Gasteiger partial charge >= 0.3 is 0 Å². The van der Waals surface area contributed by atoms with E-state index in [1.54, 1.807) is 0 Å². The number of carbonyl (C=O) groups is 1. The molecule has 0 bridgehead atoms. The van der Waals surface area contributed by atoms with Gasteiger partial charge in [0.05, 0.1) is 6.04 Å². The molecular weight excluding hydrogens is 262 g/mol. The molecule has 1 aliphatic carbocycles. The van der Waals surface area contributed by atoms with E-state index in [1.165, 1.54) is 19.3 Å². The Balaban J connectivity index is 1.90. The zero-order chi connectivity index (χ0) is 15.6. The van der Waals surface area contributed by atoms with Crippen LogP contribution < -0.4 is 11.1 Å². The van der Waals surface area contributed by atoms with Crippen molar-refractivity contribution in [3.8, 4) is 0 Å². The van der Waals surface area contributed by atoms with Crippen LogP contribution in [0.2, 0.25) is 0 Å². The standard InChI is InChI=1S/C17H33N3O/c1-12-7-5-6-8-14(12)19-16(21)13(2)20-10-9-15(18)17(3,4)11-20/h12-15H,5-11,18H2,1-4H3,(H,19,21). The van der Waals surface area contributed by atoms with Gasteiger partial charge in [0.25, 0.3) is 0 Å². The van der Waals surface area contributed by atoms with Crippen LogP contribution >= 0.6 is 0 Å². The molecule has 0 aromatic carbocycles. The fourth-order valence-electron chi connectivity index (χ4n) is 3.75. The molecule has 0 aromatic rings. The van der Waals surface area contributed by atoms with Crippen molar-refractivity contribution in [2.75, 3.05) is 13.1 Å². The SMILES string of the molecule is CC1CCCCC1NC(=O)C(C)N1CCC(N)C(C)(C)C1. The number of likely N-dealkylation sites (tertiary alicyclic amines) is 1. The van der Waals surface area contributed by atoms with Crippen molar-refractivity contribution in [3.05, 3.63) is 0 Å². The molecule has 4 unspecified atom stereocenters. The van der Waals surface area contributed by atoms with Gasteiger partial charge < -0.3 is 11.1 Å². The first-order chi connectivity index (χ1) is 9.81. The number of piperidine rings is 1. The molecule has 3 N–H and O–H groups in total. The lowest BCUT2D eigenvalue weighted by molar-refractivity contribution is -0.128. The van der Waals surface area contributed by atoms with E-state index < -0.39 is 0 Å². The van der Waals surface area contributed by atoms with Crippen LogP contribution in [0, 0.1) is 11.3 Å². The van der Waals surface area contributed by atoms with Crippen LogP contribution in [0.3, 0.4) is 0 Å². The van der Waals surface area contributed by atoms with Crippen LogP contribution in [0.5, 0.6) is 0 Å². The predicted molar refractivity (Wildman–Crippen MR) is 87.0 cm³/mol. The molecule has 2 aliphatic rings. The van der Waals surface area contributed by atoms with Crippen LogP contribution in [0.1, 0.15) is 59.8 Å². The fourth-order valence-corrected chi connectivity index (χ4v) is 3.75. The molecule has 0 spiro atoms. The summed E-state index contributed by atoms with van der Waals surface area (Å²) < 4.78 is 0. The molecule has 2 fully saturated rings. The van der Waals surface area contributed by atoms with E-state index in [2.05, 4.69) is 31.0 Å². The van der Waals surface area contributed by atoms with Gasteiger partial charge in [-0.3, -0.25) is 9.69 Å². The Bertz CT molecular complexity index is 369. The summed E-state index contributed by atoms with van der Waals surface area (Å²) in [5, 5.41) is 3.29. The average Bonchev–Trinajstić information content (AvgIpc) is 2.43. The third kappa shape index (κ3) is 3.98. The van der Waals surface area contributed by atoms with Gasteiger partial charge in [-0.2, -0.15) is 0 Å². The zero-order valence-corrected chi connectivity index (χ0v) is 14.2. The van der Waals surface area contributed by atoms with Gasteiger partial charge in [0.2, 0.25) is 5.91 Å². The first kappa shape index (κ1) is 16.8. The van der Waals surface area contributed by atoms with Crippen LogP contribution in [0.15, 0.2) is 0 Å². The monoisotopic (exact) mass is 295 g/mol. The first-order valence-corrected chi connectivity index (χ1v) is 8.61. The predicted octanol–water partition coefficient (Wildman–Crippen LogP) is 2.13. The smallest absolute Gasteiger partial charge is 0.237 e. The van der Waals surface area contributed by atoms with E-state index in [9.17, 15) is 4.79 Å². The molecule has 1 aliphatic heterocycles. The number of rotatable bonds is 3. The van der Waals surface area contributed by atoms with Crippen molar-refractivity contribution < 1.29 is 4.79 Å². The summed E-state index contributed by atoms with van der Waals surface area (Å²) in [6.45, 7) is 10.5. The van der Waals surface area contributed by atoms with Gasteiger partial charge in [-0.1, -0.05) is 33.6 Å². The van der Waals surface area contributed by atoms with Crippen LogP contribution in [-0.4, -0.2) is 42.0 Å². The molecule has 4 atom stereocenters. The number of carbonyl (C=O) groups excluding carboxylic acids is 1. The molecular formula is C17H33N3O. The Morgan fingerprint density at radius 2 is 1.95 bits per heavy atom. The highest BCUT2D eigenvalue weighted by atomic mass is 16.2. The summed E-state index contributed by atoms with van der Waals surface area (Å²) in [6, 6.07) is 0.557. The van der Waals surface area contributed by atoms with E-state index in [0.29, 0.717) is 12.0 Å². The van der Waals surface area contributed by atoms with Crippen LogP contribution in [0.4, 0.5) is 0 Å². The van der Waals surface area contributed by atoms with E-state index >= 15 is 0 Å². The van der Waals surface area contributed by atoms with Crippen molar-refractivity contribution in [2.45, 2.75) is 77.9 Å². The molecule has 1 heterocycles. The Kier molecular flexibility index (Phi) is 5.31. The number of nitrogens with two attached hydrogens (primary N) is 1. The fraction of sp³-hybridized carbons (Fsp3) is 0.941. The summed E-state index contributed by atoms with van der Waals surface area (Å²) in [5.41, 5.74) is 6.28. The van der Waals surface area contributed by atoms with E-state index in [1.807, 2.05) is 6.92 Å². The molecule has 0 aromatic heterocycles. The highest BCUT2D eigenvalue weighted by Crippen LogP contribution is 2.29. The maximum Gasteiger partial charge on any atom is 0.237 e. The maximum atomic E-state index is 12.6. The average molecular weight is 295 g/mol. The normalized spacial score (nSPS) is 35.2. The lowest BCUT2D eigenvalue weighted by atomic mass is 9.79. The summed E-state index contributed by atoms with van der Waals surface area (Å²) in [4.78, 5) is 14.9. The second kappa shape index (κ2) is 6.66. The van der Waals surface area contributed by atoms with Gasteiger partial charge in [-0.05, 0) is 37.5 Å². The lowest BCUT2D eigenvalue weighted by Gasteiger charge is -2.45. The zero-order valence-electron chi connectivity index (χ0n) is 14.2. The number of amides is 1. The minimum Gasteiger partial charge on any atom is -0.352 e. The van der Waals surface area contributed by atoms with Crippen molar-refractivity contribution in [3.63, 3.8) is 0 Å². The molecule has 4 heteroatoms. The molecule has 0 radical (unpaired) electrons. The van der Waals surface area contributed by atoms with E-state index in [-0.39, 0.29) is 23.4 Å². The van der Waals surface area contributed by atoms with Gasteiger partial charge in [-0.15, -0.1) is 0 Å². The molecule has 1 saturated heterocycles. The molecule has 21 heavy (non-hydrogen) atoms. The maximum absolute atomic E-state index is 12.6. The molecule has 2 rings (SSSR count). The Morgan fingerprint density at radius 3 is 2.57 bits per heavy atom. The van der Waals surface area contributed by atoms with E-state index in [0.717, 1.165) is 25.9 Å². The molecule has 1 saturated carbocycles. The summed E-state index contributed by atoms with van der Waals surface area (Å²) >= 11 is 0. The third-order valence-corrected chi connectivity index (χ3v) is 5.71. The van der Waals surface area contributed by atoms with E-state index in [4.69, 9.17) is 5.73 Å². The van der Waals surface area contributed by atoms with Crippen molar-refractivity contribution in [2.24, 2.45) is 17.1 Å². The molecule has 122 valence electrons. The lowest BCUT2D eigenvalue weighted by Crippen LogP contribution is -2.58. The first-order valence-electron chi connectivity index (χ1n) is 8.61. The number of nitrogens with zero attached hydrogens (tertiary/aromatic N) is 1. The molecule has 1 amide bonds. The van der Waals surface area contributed by atoms with Crippen molar-refractivity contribution >= 4 is 5.91 Å². The Hall–Kier alpha value is -0.610. The Morgan fingerprint density at radius 1 is 1.29 bits per heavy atom. The van der Waals surface area contributed by atoms with Crippen LogP contribution in [0.25, 0.3) is 0 Å². The second-order valence-electron chi connectivity index (χ2n) is 7.91. The summed E-state index contributed by atoms with van der Waals surface area (Å²) in [6.07, 6.45) is 5.90. The van der Waals surface area contributed by atoms with Crippen molar-refractivity contribution in [1.29, 1.82) is 0 Å². The third-order valence-electron chi connectivity index (χ3n) is 5.71. The second-order valence-corrected chi connectivity index (χ2v) is 7.91. The Labute approximate surface area is 129 Å². The molecule has 4 nitrogen and oxygen atoms in total. The minimum absolute atomic E-state index is 0.0501. The summed E-state index contributed by atoms with van der Waals surface area (Å²) in [7, 11) is 0. The topological polar surface area (TPSA) is 58.4 Å². The quantitative estimate of drug-likeness (QED) is 0.838. The number of hydrogen-bond donors (Lipinski definition) is 2. The minimum atomic E-state index is -0.0501. The summed E-state index contributed by atoms with van der Waals surface area (Å²) in [5.74, 6) is 0.807. The van der Waals surface area contributed by atoms with Crippen molar-refractivity contribution in [1.82, 2.24) is 10.2 Å². The van der Waals surface area contributed by atoms with Gasteiger partial charge in [0.1, 0.15) is 0 Å². The van der Waals surface area contributed by atoms with Crippen LogP contribution in [-0.2, 0) is 4.79 Å². The highest BCUT2D eigenvalue weighted by Gasteiger charge is 2.37. The number of hydrogen-bond acceptors (Lipinski definition) is 3.